The molecule has 0 unspecified atom stereocenters. The second-order valence-corrected chi connectivity index (χ2v) is 14.9. The largest absolute Gasteiger partial charge is 0.481 e. The number of unbranched alkanes of at least 4 members (excludes halogenated alkanes) is 13. The summed E-state index contributed by atoms with van der Waals surface area (Å²) in [5.41, 5.74) is 17.7. The van der Waals surface area contributed by atoms with Gasteiger partial charge in [0.25, 0.3) is 0 Å². The molecule has 312 valence electrons. The van der Waals surface area contributed by atoms with Gasteiger partial charge in [0.1, 0.15) is 17.3 Å². The van der Waals surface area contributed by atoms with Crippen LogP contribution in [0.15, 0.2) is 0 Å². The zero-order valence-electron chi connectivity index (χ0n) is 33.1. The number of carboxylic acids is 2. The van der Waals surface area contributed by atoms with E-state index < -0.39 is 36.0 Å². The number of carboxylic acid groups (broad SMARTS) is 2. The van der Waals surface area contributed by atoms with Crippen molar-refractivity contribution in [2.75, 3.05) is 13.1 Å². The lowest BCUT2D eigenvalue weighted by atomic mass is 9.93. The lowest BCUT2D eigenvalue weighted by molar-refractivity contribution is -0.144. The SMILES string of the molecule is CC(=O)[C@@H](N)CCCCNC(=O)[C@@H](N)CCCCNC(=O)[C@@H](N)CCCCCC(=O)CC[C@H](CC(=O)CCCCCCCCCCCCC(=O)O)C(=O)O. The van der Waals surface area contributed by atoms with Gasteiger partial charge in [-0.15, -0.1) is 0 Å². The van der Waals surface area contributed by atoms with E-state index in [0.29, 0.717) is 77.3 Å². The average molecular weight is 768 g/mol. The summed E-state index contributed by atoms with van der Waals surface area (Å²) in [6, 6.07) is -1.75. The third kappa shape index (κ3) is 30.1. The predicted molar refractivity (Wildman–Crippen MR) is 209 cm³/mol. The van der Waals surface area contributed by atoms with Gasteiger partial charge in [-0.2, -0.15) is 0 Å². The van der Waals surface area contributed by atoms with Crippen molar-refractivity contribution in [2.24, 2.45) is 23.1 Å². The van der Waals surface area contributed by atoms with Crippen molar-refractivity contribution in [1.29, 1.82) is 0 Å². The fraction of sp³-hybridized carbons (Fsp3) is 0.825. The van der Waals surface area contributed by atoms with Crippen LogP contribution in [0.2, 0.25) is 0 Å². The van der Waals surface area contributed by atoms with E-state index in [0.717, 1.165) is 77.0 Å². The van der Waals surface area contributed by atoms with Crippen LogP contribution in [0.25, 0.3) is 0 Å². The van der Waals surface area contributed by atoms with Crippen LogP contribution in [0.5, 0.6) is 0 Å². The van der Waals surface area contributed by atoms with Gasteiger partial charge in [-0.1, -0.05) is 64.2 Å². The van der Waals surface area contributed by atoms with Gasteiger partial charge >= 0.3 is 11.9 Å². The molecule has 0 aliphatic carbocycles. The minimum Gasteiger partial charge on any atom is -0.481 e. The van der Waals surface area contributed by atoms with E-state index in [1.165, 1.54) is 6.92 Å². The molecule has 10 N–H and O–H groups in total. The van der Waals surface area contributed by atoms with Crippen LogP contribution in [0.3, 0.4) is 0 Å². The maximum absolute atomic E-state index is 12.4. The van der Waals surface area contributed by atoms with Crippen molar-refractivity contribution < 1.29 is 43.8 Å². The summed E-state index contributed by atoms with van der Waals surface area (Å²) in [6.45, 7) is 2.37. The first-order valence-corrected chi connectivity index (χ1v) is 20.5. The van der Waals surface area contributed by atoms with Crippen LogP contribution in [-0.2, 0) is 33.6 Å². The molecule has 0 saturated carbocycles. The van der Waals surface area contributed by atoms with Gasteiger partial charge < -0.3 is 38.0 Å². The summed E-state index contributed by atoms with van der Waals surface area (Å²) < 4.78 is 0. The second-order valence-electron chi connectivity index (χ2n) is 14.9. The molecule has 0 aliphatic rings. The van der Waals surface area contributed by atoms with Gasteiger partial charge in [0.15, 0.2) is 0 Å². The quantitative estimate of drug-likeness (QED) is 0.0416. The van der Waals surface area contributed by atoms with E-state index >= 15 is 0 Å². The number of hydrogen-bond donors (Lipinski definition) is 7. The highest BCUT2D eigenvalue weighted by Gasteiger charge is 2.22. The molecular weight excluding hydrogens is 694 g/mol. The van der Waals surface area contributed by atoms with E-state index in [2.05, 4.69) is 10.6 Å². The van der Waals surface area contributed by atoms with Gasteiger partial charge in [0.2, 0.25) is 11.8 Å². The summed E-state index contributed by atoms with van der Waals surface area (Å²) in [7, 11) is 0. The van der Waals surface area contributed by atoms with Crippen LogP contribution in [0.1, 0.15) is 174 Å². The smallest absolute Gasteiger partial charge is 0.306 e. The fourth-order valence-electron chi connectivity index (χ4n) is 6.16. The van der Waals surface area contributed by atoms with Gasteiger partial charge in [-0.25, -0.2) is 0 Å². The number of nitrogens with two attached hydrogens (primary N) is 3. The van der Waals surface area contributed by atoms with Gasteiger partial charge in [0, 0.05) is 45.2 Å². The number of carbonyl (C=O) groups is 7. The summed E-state index contributed by atoms with van der Waals surface area (Å²) in [5.74, 6) is -3.25. The third-order valence-corrected chi connectivity index (χ3v) is 9.84. The van der Waals surface area contributed by atoms with E-state index in [1.807, 2.05) is 0 Å². The zero-order chi connectivity index (χ0) is 40.6. The zero-order valence-corrected chi connectivity index (χ0v) is 33.1. The van der Waals surface area contributed by atoms with Crippen molar-refractivity contribution in [2.45, 2.75) is 192 Å². The van der Waals surface area contributed by atoms with Gasteiger partial charge in [0.05, 0.1) is 24.0 Å². The number of nitrogens with one attached hydrogen (secondary N) is 2. The highest BCUT2D eigenvalue weighted by atomic mass is 16.4. The van der Waals surface area contributed by atoms with Crippen LogP contribution in [0, 0.1) is 5.92 Å². The van der Waals surface area contributed by atoms with Crippen LogP contribution in [-0.4, -0.2) is 82.5 Å². The van der Waals surface area contributed by atoms with Gasteiger partial charge in [-0.05, 0) is 77.6 Å². The van der Waals surface area contributed by atoms with E-state index in [4.69, 9.17) is 22.3 Å². The van der Waals surface area contributed by atoms with Crippen LogP contribution in [0.4, 0.5) is 0 Å². The molecule has 2 amide bonds. The Hall–Kier alpha value is -3.23. The molecule has 0 fully saturated rings. The molecular formula is C40H73N5O9. The number of carbonyl (C=O) groups excluding carboxylic acids is 5. The Labute approximate surface area is 323 Å². The van der Waals surface area contributed by atoms with Gasteiger partial charge in [-0.3, -0.25) is 33.6 Å². The predicted octanol–water partition coefficient (Wildman–Crippen LogP) is 4.86. The first kappa shape index (κ1) is 50.8. The Bertz CT molecular complexity index is 1100. The second kappa shape index (κ2) is 33.1. The molecule has 4 atom stereocenters. The number of amides is 2. The molecule has 0 saturated heterocycles. The molecule has 0 heterocycles. The minimum absolute atomic E-state index is 0.0282. The van der Waals surface area contributed by atoms with Crippen molar-refractivity contribution >= 4 is 41.1 Å². The fourth-order valence-corrected chi connectivity index (χ4v) is 6.16. The Balaban J connectivity index is 3.91. The first-order chi connectivity index (χ1) is 25.7. The van der Waals surface area contributed by atoms with Crippen molar-refractivity contribution in [3.8, 4) is 0 Å². The molecule has 54 heavy (non-hydrogen) atoms. The lowest BCUT2D eigenvalue weighted by Gasteiger charge is -2.14. The third-order valence-electron chi connectivity index (χ3n) is 9.84. The van der Waals surface area contributed by atoms with Crippen molar-refractivity contribution in [3.63, 3.8) is 0 Å². The van der Waals surface area contributed by atoms with Crippen LogP contribution < -0.4 is 27.8 Å². The standard InChI is InChI=1S/C40H73N5O9/c1-30(46)34(41)21-15-17-27-44-39(52)36(43)23-16-18-28-45-38(51)35(42)22-13-10-12-19-32(47)26-25-31(40(53)54)29-33(48)20-11-8-6-4-2-3-5-7-9-14-24-37(49)50/h31,34-36H,2-29,41-43H2,1H3,(H,44,52)(H,45,51)(H,49,50)(H,53,54)/t31-,34+,35+,36+/m1/s1. The number of ketones is 3. The maximum atomic E-state index is 12.4. The topological polar surface area (TPSA) is 262 Å². The molecule has 0 radical (unpaired) electrons. The lowest BCUT2D eigenvalue weighted by Crippen LogP contribution is -2.42. The van der Waals surface area contributed by atoms with Crippen molar-refractivity contribution in [3.05, 3.63) is 0 Å². The molecule has 0 aromatic carbocycles. The number of aliphatic carboxylic acids is 2. The number of Topliss-reactive ketones (excluding diaryl/α,β-unsaturated/α-hetero) is 3. The molecule has 14 nitrogen and oxygen atoms in total. The monoisotopic (exact) mass is 768 g/mol. The minimum atomic E-state index is -1.05. The highest BCUT2D eigenvalue weighted by Crippen LogP contribution is 2.18. The molecule has 0 aromatic heterocycles. The Morgan fingerprint density at radius 2 is 0.852 bits per heavy atom. The summed E-state index contributed by atoms with van der Waals surface area (Å²) >= 11 is 0. The maximum Gasteiger partial charge on any atom is 0.306 e. The molecule has 0 bridgehead atoms. The Kier molecular flexibility index (Phi) is 31.2. The molecule has 0 spiro atoms. The molecule has 14 heteroatoms. The number of hydrogen-bond acceptors (Lipinski definition) is 10. The first-order valence-electron chi connectivity index (χ1n) is 20.5. The molecule has 0 aliphatic heterocycles. The summed E-state index contributed by atoms with van der Waals surface area (Å²) in [6.07, 6.45) is 17.4. The average Bonchev–Trinajstić information content (AvgIpc) is 3.12. The Morgan fingerprint density at radius 3 is 1.30 bits per heavy atom. The summed E-state index contributed by atoms with van der Waals surface area (Å²) in [5, 5.41) is 23.8. The highest BCUT2D eigenvalue weighted by molar-refractivity contribution is 5.85. The molecule has 0 rings (SSSR count). The van der Waals surface area contributed by atoms with E-state index in [-0.39, 0.29) is 54.8 Å². The van der Waals surface area contributed by atoms with E-state index in [9.17, 15) is 38.7 Å². The summed E-state index contributed by atoms with van der Waals surface area (Å²) in [4.78, 5) is 82.7. The van der Waals surface area contributed by atoms with E-state index in [1.54, 1.807) is 0 Å². The molecule has 0 aromatic rings. The van der Waals surface area contributed by atoms with Crippen molar-refractivity contribution in [1.82, 2.24) is 10.6 Å². The Morgan fingerprint density at radius 1 is 0.463 bits per heavy atom. The van der Waals surface area contributed by atoms with Crippen LogP contribution >= 0.6 is 0 Å². The number of rotatable bonds is 38. The normalized spacial score (nSPS) is 13.4.